The fraction of sp³-hybridized carbons (Fsp3) is 1.00. The van der Waals surface area contributed by atoms with Gasteiger partial charge in [0.1, 0.15) is 0 Å². The molecule has 1 fully saturated rings. The Kier molecular flexibility index (Phi) is 3.13. The fourth-order valence-corrected chi connectivity index (χ4v) is 3.87. The monoisotopic (exact) mass is 273 g/mol. The predicted molar refractivity (Wildman–Crippen MR) is 53.4 cm³/mol. The molecule has 2 N–H and O–H groups in total. The van der Waals surface area contributed by atoms with Crippen molar-refractivity contribution >= 4 is 20.6 Å². The van der Waals surface area contributed by atoms with Gasteiger partial charge in [-0.1, -0.05) is 0 Å². The number of nitrogens with one attached hydrogen (secondary N) is 1. The van der Waals surface area contributed by atoms with Crippen molar-refractivity contribution < 1.29 is 6.50 Å². The Morgan fingerprint density at radius 2 is 2.27 bits per heavy atom. The van der Waals surface area contributed by atoms with Gasteiger partial charge in [-0.05, 0) is 0 Å². The Labute approximate surface area is 76.0 Å². The standard InChI is InChI=1S/C7H16INO2/c1-6(4-5-9-3)7(2)8(10)11-7/h6,9-10H,4-5H2,1-3H3/t6?,7-/m0/s1. The fourth-order valence-electron chi connectivity index (χ4n) is 0.982. The summed E-state index contributed by atoms with van der Waals surface area (Å²) in [4.78, 5) is 0. The average molecular weight is 273 g/mol. The molecule has 11 heavy (non-hydrogen) atoms. The van der Waals surface area contributed by atoms with Crippen molar-refractivity contribution in [1.29, 1.82) is 0 Å². The van der Waals surface area contributed by atoms with Crippen LogP contribution in [0.15, 0.2) is 0 Å². The van der Waals surface area contributed by atoms with E-state index in [4.69, 9.17) is 3.07 Å². The zero-order chi connectivity index (χ0) is 8.48. The van der Waals surface area contributed by atoms with E-state index in [0.29, 0.717) is 5.92 Å². The maximum absolute atomic E-state index is 9.27. The van der Waals surface area contributed by atoms with E-state index in [1.807, 2.05) is 14.0 Å². The van der Waals surface area contributed by atoms with Crippen molar-refractivity contribution in [2.45, 2.75) is 23.9 Å². The van der Waals surface area contributed by atoms with E-state index in [-0.39, 0.29) is 3.61 Å². The summed E-state index contributed by atoms with van der Waals surface area (Å²) < 4.78 is 14.4. The summed E-state index contributed by atoms with van der Waals surface area (Å²) in [6.45, 7) is 5.17. The Bertz CT molecular complexity index is 144. The van der Waals surface area contributed by atoms with Crippen LogP contribution in [0.5, 0.6) is 0 Å². The van der Waals surface area contributed by atoms with Crippen LogP contribution in [0.3, 0.4) is 0 Å². The van der Waals surface area contributed by atoms with Gasteiger partial charge in [0.05, 0.1) is 0 Å². The molecule has 4 heteroatoms. The molecule has 1 unspecified atom stereocenters. The van der Waals surface area contributed by atoms with Crippen LogP contribution < -0.4 is 5.32 Å². The molecule has 0 spiro atoms. The molecule has 68 valence electrons. The van der Waals surface area contributed by atoms with Gasteiger partial charge in [0, 0.05) is 0 Å². The van der Waals surface area contributed by atoms with Crippen LogP contribution in [-0.2, 0) is 3.07 Å². The van der Waals surface area contributed by atoms with Gasteiger partial charge in [-0.15, -0.1) is 0 Å². The third-order valence-corrected chi connectivity index (χ3v) is 6.28. The molecule has 0 saturated carbocycles. The minimum absolute atomic E-state index is 0.110. The van der Waals surface area contributed by atoms with E-state index in [1.54, 1.807) is 0 Å². The predicted octanol–water partition coefficient (Wildman–Crippen LogP) is 1.31. The normalized spacial score (nSPS) is 35.5. The van der Waals surface area contributed by atoms with Gasteiger partial charge in [0.2, 0.25) is 0 Å². The van der Waals surface area contributed by atoms with Crippen molar-refractivity contribution in [3.05, 3.63) is 0 Å². The van der Waals surface area contributed by atoms with Crippen molar-refractivity contribution in [3.8, 4) is 0 Å². The van der Waals surface area contributed by atoms with Crippen LogP contribution in [0.25, 0.3) is 0 Å². The van der Waals surface area contributed by atoms with Gasteiger partial charge in [-0.25, -0.2) is 0 Å². The third-order valence-electron chi connectivity index (χ3n) is 2.23. The molecular weight excluding hydrogens is 257 g/mol. The van der Waals surface area contributed by atoms with Gasteiger partial charge in [-0.2, -0.15) is 0 Å². The van der Waals surface area contributed by atoms with E-state index in [0.717, 1.165) is 13.0 Å². The molecule has 1 heterocycles. The van der Waals surface area contributed by atoms with Crippen LogP contribution in [0, 0.1) is 5.92 Å². The van der Waals surface area contributed by atoms with E-state index in [9.17, 15) is 3.44 Å². The minimum atomic E-state index is -1.90. The number of hydrogen-bond acceptors (Lipinski definition) is 3. The summed E-state index contributed by atoms with van der Waals surface area (Å²) in [6.07, 6.45) is 1.08. The van der Waals surface area contributed by atoms with E-state index in [2.05, 4.69) is 12.2 Å². The summed E-state index contributed by atoms with van der Waals surface area (Å²) in [5.74, 6) is 0.491. The second-order valence-electron chi connectivity index (χ2n) is 3.09. The summed E-state index contributed by atoms with van der Waals surface area (Å²) in [5, 5.41) is 3.09. The molecule has 1 saturated heterocycles. The van der Waals surface area contributed by atoms with E-state index >= 15 is 0 Å². The molecule has 2 atom stereocenters. The molecule has 0 bridgehead atoms. The molecule has 0 radical (unpaired) electrons. The van der Waals surface area contributed by atoms with Crippen LogP contribution in [-0.4, -0.2) is 20.6 Å². The topological polar surface area (TPSA) is 44.8 Å². The summed E-state index contributed by atoms with van der Waals surface area (Å²) in [7, 11) is 1.94. The van der Waals surface area contributed by atoms with Crippen molar-refractivity contribution in [1.82, 2.24) is 5.32 Å². The summed E-state index contributed by atoms with van der Waals surface area (Å²) in [5.41, 5.74) is 0. The molecule has 0 aromatic heterocycles. The van der Waals surface area contributed by atoms with Crippen LogP contribution in [0.1, 0.15) is 20.3 Å². The molecule has 1 aliphatic heterocycles. The number of halogens is 1. The molecule has 0 aromatic carbocycles. The molecule has 1 rings (SSSR count). The van der Waals surface area contributed by atoms with Gasteiger partial charge in [-0.3, -0.25) is 0 Å². The first-order valence-corrected chi connectivity index (χ1v) is 6.77. The van der Waals surface area contributed by atoms with Gasteiger partial charge in [0.15, 0.2) is 0 Å². The number of hydrogen-bond donors (Lipinski definition) is 2. The second-order valence-corrected chi connectivity index (χ2v) is 6.99. The molecule has 3 nitrogen and oxygen atoms in total. The van der Waals surface area contributed by atoms with E-state index < -0.39 is 20.6 Å². The zero-order valence-corrected chi connectivity index (χ0v) is 9.38. The zero-order valence-electron chi connectivity index (χ0n) is 7.22. The van der Waals surface area contributed by atoms with Gasteiger partial charge < -0.3 is 0 Å². The number of alkyl halides is 1. The third kappa shape index (κ3) is 2.05. The first kappa shape index (κ1) is 9.70. The van der Waals surface area contributed by atoms with Crippen molar-refractivity contribution in [2.75, 3.05) is 13.6 Å². The Morgan fingerprint density at radius 3 is 2.64 bits per heavy atom. The number of rotatable bonds is 4. The Morgan fingerprint density at radius 1 is 1.73 bits per heavy atom. The van der Waals surface area contributed by atoms with Gasteiger partial charge >= 0.3 is 75.9 Å². The van der Waals surface area contributed by atoms with E-state index in [1.165, 1.54) is 0 Å². The maximum atomic E-state index is 9.27. The Balaban J connectivity index is 2.25. The SMILES string of the molecule is CNCCC(C)[C@]1(C)OI1O. The van der Waals surface area contributed by atoms with Gasteiger partial charge in [0.25, 0.3) is 0 Å². The second kappa shape index (κ2) is 3.55. The molecule has 0 aromatic rings. The first-order chi connectivity index (χ1) is 5.11. The summed E-state index contributed by atoms with van der Waals surface area (Å²) >= 11 is -1.90. The van der Waals surface area contributed by atoms with Crippen LogP contribution >= 0.6 is 20.6 Å². The molecule has 1 aliphatic rings. The molecular formula is C7H16INO2. The Hall–Kier alpha value is 0.610. The van der Waals surface area contributed by atoms with Crippen molar-refractivity contribution in [3.63, 3.8) is 0 Å². The molecule has 0 aliphatic carbocycles. The van der Waals surface area contributed by atoms with Crippen LogP contribution in [0.4, 0.5) is 0 Å². The summed E-state index contributed by atoms with van der Waals surface area (Å²) in [6, 6.07) is 0. The van der Waals surface area contributed by atoms with Crippen LogP contribution in [0.2, 0.25) is 0 Å². The van der Waals surface area contributed by atoms with Crippen molar-refractivity contribution in [2.24, 2.45) is 5.92 Å². The first-order valence-electron chi connectivity index (χ1n) is 3.84. The quantitative estimate of drug-likeness (QED) is 0.461. The molecule has 0 amide bonds. The average Bonchev–Trinajstić information content (AvgIpc) is 2.56.